The van der Waals surface area contributed by atoms with E-state index < -0.39 is 0 Å². The molecule has 2 N–H and O–H groups in total. The molecule has 1 aliphatic heterocycles. The van der Waals surface area contributed by atoms with Gasteiger partial charge in [0, 0.05) is 19.3 Å². The minimum absolute atomic E-state index is 0.189. The highest BCUT2D eigenvalue weighted by Crippen LogP contribution is 2.18. The molecule has 2 rings (SSSR count). The summed E-state index contributed by atoms with van der Waals surface area (Å²) in [6.45, 7) is 5.18. The van der Waals surface area contributed by atoms with Crippen molar-refractivity contribution in [1.82, 2.24) is 14.9 Å². The molecule has 0 aromatic carbocycles. The Kier molecular flexibility index (Phi) is 4.46. The molecule has 0 amide bonds. The van der Waals surface area contributed by atoms with Crippen LogP contribution in [0.3, 0.4) is 0 Å². The Bertz CT molecular complexity index is 444. The van der Waals surface area contributed by atoms with Gasteiger partial charge >= 0.3 is 0 Å². The summed E-state index contributed by atoms with van der Waals surface area (Å²) in [6, 6.07) is 0. The summed E-state index contributed by atoms with van der Waals surface area (Å²) in [6.07, 6.45) is 2.32. The molecule has 0 spiro atoms. The zero-order chi connectivity index (χ0) is 13.0. The Morgan fingerprint density at radius 3 is 3.17 bits per heavy atom. The van der Waals surface area contributed by atoms with Crippen molar-refractivity contribution in [3.05, 3.63) is 27.9 Å². The van der Waals surface area contributed by atoms with Gasteiger partial charge < -0.3 is 14.8 Å². The van der Waals surface area contributed by atoms with Gasteiger partial charge in [-0.25, -0.2) is 4.98 Å². The molecule has 6 nitrogen and oxygen atoms in total. The molecule has 0 saturated carbocycles. The van der Waals surface area contributed by atoms with Crippen molar-refractivity contribution in [2.45, 2.75) is 26.1 Å². The molecule has 1 atom stereocenters. The van der Waals surface area contributed by atoms with Crippen LogP contribution < -0.4 is 5.56 Å². The van der Waals surface area contributed by atoms with Gasteiger partial charge in [0.05, 0.1) is 18.8 Å². The average molecular weight is 253 g/mol. The Balaban J connectivity index is 2.11. The van der Waals surface area contributed by atoms with E-state index >= 15 is 0 Å². The van der Waals surface area contributed by atoms with Gasteiger partial charge in [0.15, 0.2) is 0 Å². The number of nitrogens with one attached hydrogen (secondary N) is 1. The summed E-state index contributed by atoms with van der Waals surface area (Å²) >= 11 is 0. The van der Waals surface area contributed by atoms with Crippen LogP contribution in [0.25, 0.3) is 0 Å². The zero-order valence-electron chi connectivity index (χ0n) is 10.6. The van der Waals surface area contributed by atoms with Crippen LogP contribution in [0.4, 0.5) is 0 Å². The lowest BCUT2D eigenvalue weighted by Gasteiger charge is -2.31. The SMILES string of the molecule is CCCN1CCOC(c2ncc(CO)c(=O)[nH]2)C1. The first-order chi connectivity index (χ1) is 8.74. The fraction of sp³-hybridized carbons (Fsp3) is 0.667. The van der Waals surface area contributed by atoms with Crippen molar-refractivity contribution >= 4 is 0 Å². The van der Waals surface area contributed by atoms with Crippen molar-refractivity contribution in [2.75, 3.05) is 26.2 Å². The number of aromatic nitrogens is 2. The van der Waals surface area contributed by atoms with Gasteiger partial charge in [-0.2, -0.15) is 0 Å². The van der Waals surface area contributed by atoms with E-state index in [1.54, 1.807) is 0 Å². The van der Waals surface area contributed by atoms with Crippen LogP contribution in [0.15, 0.2) is 11.0 Å². The summed E-state index contributed by atoms with van der Waals surface area (Å²) in [7, 11) is 0. The topological polar surface area (TPSA) is 78.5 Å². The number of nitrogens with zero attached hydrogens (tertiary/aromatic N) is 2. The second-order valence-corrected chi connectivity index (χ2v) is 4.44. The van der Waals surface area contributed by atoms with E-state index in [4.69, 9.17) is 9.84 Å². The minimum atomic E-state index is -0.296. The lowest BCUT2D eigenvalue weighted by atomic mass is 10.2. The first-order valence-electron chi connectivity index (χ1n) is 6.27. The highest BCUT2D eigenvalue weighted by Gasteiger charge is 2.23. The Morgan fingerprint density at radius 1 is 1.67 bits per heavy atom. The Hall–Kier alpha value is -1.24. The summed E-state index contributed by atoms with van der Waals surface area (Å²) < 4.78 is 5.63. The molecule has 0 bridgehead atoms. The number of aliphatic hydroxyl groups excluding tert-OH is 1. The number of aromatic amines is 1. The van der Waals surface area contributed by atoms with Crippen molar-refractivity contribution < 1.29 is 9.84 Å². The molecular weight excluding hydrogens is 234 g/mol. The fourth-order valence-corrected chi connectivity index (χ4v) is 2.10. The third kappa shape index (κ3) is 2.95. The molecule has 0 aliphatic carbocycles. The molecule has 1 aliphatic rings. The van der Waals surface area contributed by atoms with Gasteiger partial charge in [-0.1, -0.05) is 6.92 Å². The van der Waals surface area contributed by atoms with E-state index in [-0.39, 0.29) is 23.8 Å². The standard InChI is InChI=1S/C12H19N3O3/c1-2-3-15-4-5-18-10(7-15)11-13-6-9(8-16)12(17)14-11/h6,10,16H,2-5,7-8H2,1H3,(H,13,14,17). The van der Waals surface area contributed by atoms with Crippen molar-refractivity contribution in [1.29, 1.82) is 0 Å². The molecule has 1 fully saturated rings. The average Bonchev–Trinajstić information content (AvgIpc) is 2.39. The number of hydrogen-bond acceptors (Lipinski definition) is 5. The predicted molar refractivity (Wildman–Crippen MR) is 66.2 cm³/mol. The second-order valence-electron chi connectivity index (χ2n) is 4.44. The Morgan fingerprint density at radius 2 is 2.50 bits per heavy atom. The van der Waals surface area contributed by atoms with Crippen LogP contribution in [-0.2, 0) is 11.3 Å². The normalized spacial score (nSPS) is 21.1. The molecule has 6 heteroatoms. The van der Waals surface area contributed by atoms with Crippen LogP contribution in [-0.4, -0.2) is 46.2 Å². The molecule has 2 heterocycles. The van der Waals surface area contributed by atoms with Gasteiger partial charge in [0.1, 0.15) is 11.9 Å². The van der Waals surface area contributed by atoms with Crippen LogP contribution >= 0.6 is 0 Å². The summed E-state index contributed by atoms with van der Waals surface area (Å²) in [4.78, 5) is 20.7. The third-order valence-corrected chi connectivity index (χ3v) is 3.06. The van der Waals surface area contributed by atoms with Crippen LogP contribution in [0.5, 0.6) is 0 Å². The molecule has 100 valence electrons. The summed E-state index contributed by atoms with van der Waals surface area (Å²) in [5, 5.41) is 8.93. The largest absolute Gasteiger partial charge is 0.391 e. The smallest absolute Gasteiger partial charge is 0.256 e. The first kappa shape index (κ1) is 13.2. The van der Waals surface area contributed by atoms with Gasteiger partial charge in [0.25, 0.3) is 5.56 Å². The molecule has 1 saturated heterocycles. The monoisotopic (exact) mass is 253 g/mol. The van der Waals surface area contributed by atoms with Crippen molar-refractivity contribution in [3.63, 3.8) is 0 Å². The van der Waals surface area contributed by atoms with Crippen LogP contribution in [0.1, 0.15) is 30.8 Å². The summed E-state index contributed by atoms with van der Waals surface area (Å²) in [5.74, 6) is 0.540. The van der Waals surface area contributed by atoms with Crippen LogP contribution in [0.2, 0.25) is 0 Å². The highest BCUT2D eigenvalue weighted by molar-refractivity contribution is 5.06. The lowest BCUT2D eigenvalue weighted by Crippen LogP contribution is -2.39. The molecule has 0 radical (unpaired) electrons. The number of ether oxygens (including phenoxy) is 1. The number of rotatable bonds is 4. The summed E-state index contributed by atoms with van der Waals surface area (Å²) in [5.41, 5.74) is -0.0151. The van der Waals surface area contributed by atoms with E-state index in [1.807, 2.05) is 0 Å². The van der Waals surface area contributed by atoms with E-state index in [1.165, 1.54) is 6.20 Å². The number of morpholine rings is 1. The number of H-pyrrole nitrogens is 1. The van der Waals surface area contributed by atoms with E-state index in [9.17, 15) is 4.79 Å². The minimum Gasteiger partial charge on any atom is -0.391 e. The van der Waals surface area contributed by atoms with Crippen LogP contribution in [0, 0.1) is 0 Å². The van der Waals surface area contributed by atoms with E-state index in [2.05, 4.69) is 21.8 Å². The maximum Gasteiger partial charge on any atom is 0.256 e. The third-order valence-electron chi connectivity index (χ3n) is 3.06. The van der Waals surface area contributed by atoms with Gasteiger partial charge in [-0.15, -0.1) is 0 Å². The molecule has 18 heavy (non-hydrogen) atoms. The fourth-order valence-electron chi connectivity index (χ4n) is 2.10. The molecule has 1 unspecified atom stereocenters. The second kappa shape index (κ2) is 6.08. The molecule has 1 aromatic heterocycles. The highest BCUT2D eigenvalue weighted by atomic mass is 16.5. The van der Waals surface area contributed by atoms with E-state index in [0.717, 1.165) is 26.1 Å². The quantitative estimate of drug-likeness (QED) is 0.792. The van der Waals surface area contributed by atoms with Crippen molar-refractivity contribution in [2.24, 2.45) is 0 Å². The number of hydrogen-bond donors (Lipinski definition) is 2. The van der Waals surface area contributed by atoms with Gasteiger partial charge in [-0.05, 0) is 13.0 Å². The lowest BCUT2D eigenvalue weighted by molar-refractivity contribution is -0.0343. The first-order valence-corrected chi connectivity index (χ1v) is 6.27. The maximum absolute atomic E-state index is 11.6. The molecular formula is C12H19N3O3. The maximum atomic E-state index is 11.6. The van der Waals surface area contributed by atoms with E-state index in [0.29, 0.717) is 12.4 Å². The molecule has 1 aromatic rings. The van der Waals surface area contributed by atoms with Gasteiger partial charge in [-0.3, -0.25) is 9.69 Å². The number of aliphatic hydroxyl groups is 1. The van der Waals surface area contributed by atoms with Crippen molar-refractivity contribution in [3.8, 4) is 0 Å². The Labute approximate surface area is 106 Å². The zero-order valence-corrected chi connectivity index (χ0v) is 10.6. The predicted octanol–water partition coefficient (Wildman–Crippen LogP) is 0.0455. The van der Waals surface area contributed by atoms with Gasteiger partial charge in [0.2, 0.25) is 0 Å².